The first kappa shape index (κ1) is 19.0. The summed E-state index contributed by atoms with van der Waals surface area (Å²) in [6.07, 6.45) is 3.24. The van der Waals surface area contributed by atoms with Crippen LogP contribution in [0.1, 0.15) is 4.88 Å². The molecule has 0 radical (unpaired) electrons. The van der Waals surface area contributed by atoms with Crippen molar-refractivity contribution in [2.75, 3.05) is 5.73 Å². The van der Waals surface area contributed by atoms with Crippen LogP contribution in [0.15, 0.2) is 66.6 Å². The average Bonchev–Trinajstić information content (AvgIpc) is 3.42. The third-order valence-corrected chi connectivity index (χ3v) is 5.44. The number of aromatic nitrogens is 5. The number of nitrogens with two attached hydrogens (primary N) is 1. The van der Waals surface area contributed by atoms with Gasteiger partial charge in [-0.25, -0.2) is 14.6 Å². The number of benzene rings is 2. The summed E-state index contributed by atoms with van der Waals surface area (Å²) in [5.74, 6) is 2.53. The van der Waals surface area contributed by atoms with Gasteiger partial charge in [0.2, 0.25) is 0 Å². The number of anilines is 1. The Balaban J connectivity index is 1.34. The van der Waals surface area contributed by atoms with Crippen molar-refractivity contribution in [2.45, 2.75) is 6.61 Å². The second-order valence-corrected chi connectivity index (χ2v) is 7.76. The maximum Gasteiger partial charge on any atom is 0.163 e. The topological polar surface area (TPSA) is 101 Å². The maximum atomic E-state index is 6.07. The minimum Gasteiger partial charge on any atom is -0.488 e. The van der Waals surface area contributed by atoms with Crippen LogP contribution in [0.25, 0.3) is 22.3 Å². The highest BCUT2D eigenvalue weighted by Gasteiger charge is 2.15. The van der Waals surface area contributed by atoms with E-state index in [1.165, 1.54) is 6.33 Å². The van der Waals surface area contributed by atoms with Gasteiger partial charge in [0.25, 0.3) is 0 Å². The van der Waals surface area contributed by atoms with Gasteiger partial charge in [-0.2, -0.15) is 5.10 Å². The van der Waals surface area contributed by atoms with Gasteiger partial charge in [0, 0.05) is 24.9 Å². The van der Waals surface area contributed by atoms with Crippen molar-refractivity contribution >= 4 is 28.2 Å². The van der Waals surface area contributed by atoms with Crippen LogP contribution in [0.3, 0.4) is 0 Å². The molecule has 31 heavy (non-hydrogen) atoms. The molecule has 3 heterocycles. The quantitative estimate of drug-likeness (QED) is 0.425. The van der Waals surface area contributed by atoms with Crippen molar-refractivity contribution in [3.05, 3.63) is 71.4 Å². The molecule has 0 aliphatic heterocycles. The molecule has 0 aliphatic rings. The molecule has 5 rings (SSSR count). The first-order valence-corrected chi connectivity index (χ1v) is 10.4. The Morgan fingerprint density at radius 3 is 2.68 bits per heavy atom. The lowest BCUT2D eigenvalue weighted by Gasteiger charge is -2.09. The molecular weight excluding hydrogens is 412 g/mol. The van der Waals surface area contributed by atoms with Crippen LogP contribution in [0, 0.1) is 0 Å². The summed E-state index contributed by atoms with van der Waals surface area (Å²) >= 11 is 1.56. The smallest absolute Gasteiger partial charge is 0.163 e. The summed E-state index contributed by atoms with van der Waals surface area (Å²) in [7, 11) is 1.83. The Labute approximate surface area is 181 Å². The van der Waals surface area contributed by atoms with E-state index in [1.807, 2.05) is 55.6 Å². The Bertz CT molecular complexity index is 1330. The van der Waals surface area contributed by atoms with Gasteiger partial charge in [-0.3, -0.25) is 4.98 Å². The molecule has 0 unspecified atom stereocenters. The van der Waals surface area contributed by atoms with Crippen molar-refractivity contribution in [1.29, 1.82) is 0 Å². The molecule has 154 valence electrons. The van der Waals surface area contributed by atoms with Gasteiger partial charge in [-0.15, -0.1) is 11.3 Å². The van der Waals surface area contributed by atoms with Crippen LogP contribution < -0.4 is 15.2 Å². The normalized spacial score (nSPS) is 11.0. The molecule has 0 amide bonds. The summed E-state index contributed by atoms with van der Waals surface area (Å²) < 4.78 is 13.5. The van der Waals surface area contributed by atoms with Crippen LogP contribution in [0.2, 0.25) is 0 Å². The van der Waals surface area contributed by atoms with E-state index in [2.05, 4.69) is 20.1 Å². The molecule has 2 aromatic carbocycles. The van der Waals surface area contributed by atoms with Crippen LogP contribution in [-0.2, 0) is 13.7 Å². The van der Waals surface area contributed by atoms with Crippen LogP contribution >= 0.6 is 11.3 Å². The second-order valence-electron chi connectivity index (χ2n) is 6.79. The Hall–Kier alpha value is -3.98. The minimum absolute atomic E-state index is 0.406. The average molecular weight is 430 g/mol. The van der Waals surface area contributed by atoms with Crippen molar-refractivity contribution in [1.82, 2.24) is 24.7 Å². The molecule has 0 fully saturated rings. The largest absolute Gasteiger partial charge is 0.488 e. The Morgan fingerprint density at radius 2 is 1.87 bits per heavy atom. The minimum atomic E-state index is 0.406. The first-order valence-electron chi connectivity index (χ1n) is 9.49. The Kier molecular flexibility index (Phi) is 4.93. The number of rotatable bonds is 6. The SMILES string of the molecule is Cn1nc(-c2ccc(Oc3cccc(OCc4cncs4)c3)cc2)c2c(N)ncnc21. The van der Waals surface area contributed by atoms with E-state index >= 15 is 0 Å². The van der Waals surface area contributed by atoms with Crippen molar-refractivity contribution < 1.29 is 9.47 Å². The number of thiazole rings is 1. The predicted molar refractivity (Wildman–Crippen MR) is 119 cm³/mol. The maximum absolute atomic E-state index is 6.07. The number of ether oxygens (including phenoxy) is 2. The number of nitrogen functional groups attached to an aromatic ring is 1. The van der Waals surface area contributed by atoms with E-state index in [1.54, 1.807) is 27.7 Å². The third kappa shape index (κ3) is 3.90. The molecule has 3 aromatic heterocycles. The summed E-state index contributed by atoms with van der Waals surface area (Å²) in [4.78, 5) is 13.5. The standard InChI is InChI=1S/C22H18N6O2S/c1-28-22-19(21(23)25-12-26-22)20(27-28)14-5-7-15(8-6-14)30-17-4-2-3-16(9-17)29-11-18-10-24-13-31-18/h2-10,12-13H,11H2,1H3,(H2,23,25,26). The number of nitrogens with zero attached hydrogens (tertiary/aromatic N) is 5. The zero-order valence-electron chi connectivity index (χ0n) is 16.6. The van der Waals surface area contributed by atoms with Gasteiger partial charge in [0.15, 0.2) is 5.65 Å². The van der Waals surface area contributed by atoms with Gasteiger partial charge in [0.05, 0.1) is 15.8 Å². The highest BCUT2D eigenvalue weighted by Crippen LogP contribution is 2.32. The van der Waals surface area contributed by atoms with Crippen molar-refractivity contribution in [3.63, 3.8) is 0 Å². The zero-order valence-corrected chi connectivity index (χ0v) is 17.4. The highest BCUT2D eigenvalue weighted by molar-refractivity contribution is 7.09. The monoisotopic (exact) mass is 430 g/mol. The van der Waals surface area contributed by atoms with E-state index < -0.39 is 0 Å². The first-order chi connectivity index (χ1) is 15.2. The zero-order chi connectivity index (χ0) is 21.2. The fourth-order valence-electron chi connectivity index (χ4n) is 3.22. The molecule has 8 nitrogen and oxygen atoms in total. The number of fused-ring (bicyclic) bond motifs is 1. The van der Waals surface area contributed by atoms with E-state index in [0.29, 0.717) is 29.6 Å². The second kappa shape index (κ2) is 8.04. The lowest BCUT2D eigenvalue weighted by molar-refractivity contribution is 0.308. The summed E-state index contributed by atoms with van der Waals surface area (Å²) in [5.41, 5.74) is 10.2. The Morgan fingerprint density at radius 1 is 1.03 bits per heavy atom. The molecule has 0 bridgehead atoms. The van der Waals surface area contributed by atoms with Crippen LogP contribution in [0.5, 0.6) is 17.2 Å². The molecule has 0 saturated carbocycles. The van der Waals surface area contributed by atoms with Crippen LogP contribution in [-0.4, -0.2) is 24.7 Å². The molecular formula is C22H18N6O2S. The number of hydrogen-bond donors (Lipinski definition) is 1. The molecule has 9 heteroatoms. The lowest BCUT2D eigenvalue weighted by Crippen LogP contribution is -1.95. The lowest BCUT2D eigenvalue weighted by atomic mass is 10.1. The van der Waals surface area contributed by atoms with Gasteiger partial charge in [0.1, 0.15) is 41.7 Å². The van der Waals surface area contributed by atoms with Crippen molar-refractivity contribution in [2.24, 2.45) is 7.05 Å². The third-order valence-electron chi connectivity index (χ3n) is 4.68. The molecule has 5 aromatic rings. The molecule has 0 atom stereocenters. The number of hydrogen-bond acceptors (Lipinski definition) is 8. The van der Waals surface area contributed by atoms with E-state index in [-0.39, 0.29) is 0 Å². The van der Waals surface area contributed by atoms with Gasteiger partial charge in [-0.1, -0.05) is 6.07 Å². The van der Waals surface area contributed by atoms with Gasteiger partial charge < -0.3 is 15.2 Å². The van der Waals surface area contributed by atoms with Crippen LogP contribution in [0.4, 0.5) is 5.82 Å². The van der Waals surface area contributed by atoms with E-state index in [9.17, 15) is 0 Å². The van der Waals surface area contributed by atoms with E-state index in [4.69, 9.17) is 15.2 Å². The summed E-state index contributed by atoms with van der Waals surface area (Å²) in [6, 6.07) is 15.2. The number of aryl methyl sites for hydroxylation is 1. The molecule has 0 aliphatic carbocycles. The molecule has 0 spiro atoms. The fraction of sp³-hybridized carbons (Fsp3) is 0.0909. The predicted octanol–water partition coefficient (Wildman–Crippen LogP) is 4.44. The van der Waals surface area contributed by atoms with E-state index in [0.717, 1.165) is 27.3 Å². The van der Waals surface area contributed by atoms with Gasteiger partial charge >= 0.3 is 0 Å². The molecule has 2 N–H and O–H groups in total. The molecule has 0 saturated heterocycles. The van der Waals surface area contributed by atoms with Crippen molar-refractivity contribution in [3.8, 4) is 28.5 Å². The fourth-order valence-corrected chi connectivity index (χ4v) is 3.73. The highest BCUT2D eigenvalue weighted by atomic mass is 32.1. The summed E-state index contributed by atoms with van der Waals surface area (Å²) in [6.45, 7) is 0.480. The summed E-state index contributed by atoms with van der Waals surface area (Å²) in [5, 5.41) is 5.30. The van der Waals surface area contributed by atoms with Gasteiger partial charge in [-0.05, 0) is 36.4 Å².